The van der Waals surface area contributed by atoms with Gasteiger partial charge in [0.05, 0.1) is 19.6 Å². The van der Waals surface area contributed by atoms with Crippen LogP contribution in [0.25, 0.3) is 0 Å². The van der Waals surface area contributed by atoms with Gasteiger partial charge in [-0.2, -0.15) is 0 Å². The first-order valence-electron chi connectivity index (χ1n) is 11.0. The Balaban J connectivity index is 1.99. The smallest absolute Gasteiger partial charge is 0.305 e. The molecule has 0 aromatic heterocycles. The van der Waals surface area contributed by atoms with Gasteiger partial charge in [-0.3, -0.25) is 19.2 Å². The predicted molar refractivity (Wildman–Crippen MR) is 125 cm³/mol. The number of likely N-dealkylation sites (tertiary alicyclic amines) is 1. The van der Waals surface area contributed by atoms with Crippen molar-refractivity contribution < 1.29 is 24.3 Å². The molecule has 7 nitrogen and oxygen atoms in total. The number of carboxylic acids is 1. The van der Waals surface area contributed by atoms with Crippen molar-refractivity contribution in [1.29, 1.82) is 0 Å². The van der Waals surface area contributed by atoms with E-state index in [1.165, 1.54) is 14.2 Å². The molecule has 2 amide bonds. The lowest BCUT2D eigenvalue weighted by atomic mass is 9.69. The largest absolute Gasteiger partial charge is 0.481 e. The minimum absolute atomic E-state index is 0.381. The van der Waals surface area contributed by atoms with Crippen molar-refractivity contribution in [2.45, 2.75) is 18.0 Å². The molecule has 0 saturated carbocycles. The molecule has 1 saturated heterocycles. The molecular formula is C27H26N2O5. The Kier molecular flexibility index (Phi) is 6.47. The van der Waals surface area contributed by atoms with E-state index in [1.54, 1.807) is 4.90 Å². The Labute approximate surface area is 198 Å². The molecule has 3 aromatic rings. The highest BCUT2D eigenvalue weighted by atomic mass is 16.7. The van der Waals surface area contributed by atoms with Crippen LogP contribution in [0.3, 0.4) is 0 Å². The monoisotopic (exact) mass is 458 g/mol. The molecule has 1 fully saturated rings. The fraction of sp³-hybridized carbons (Fsp3) is 0.222. The van der Waals surface area contributed by atoms with E-state index >= 15 is 0 Å². The lowest BCUT2D eigenvalue weighted by molar-refractivity contribution is -0.193. The Morgan fingerprint density at radius 3 is 1.65 bits per heavy atom. The van der Waals surface area contributed by atoms with Crippen molar-refractivity contribution in [2.24, 2.45) is 5.92 Å². The third-order valence-electron chi connectivity index (χ3n) is 6.39. The number of carbonyl (C=O) groups is 3. The van der Waals surface area contributed by atoms with Gasteiger partial charge in [-0.15, -0.1) is 0 Å². The maximum atomic E-state index is 13.8. The molecule has 2 unspecified atom stereocenters. The zero-order chi connectivity index (χ0) is 24.3. The summed E-state index contributed by atoms with van der Waals surface area (Å²) in [5, 5.41) is 10.7. The van der Waals surface area contributed by atoms with Gasteiger partial charge in [0, 0.05) is 7.05 Å². The maximum Gasteiger partial charge on any atom is 0.305 e. The Morgan fingerprint density at radius 1 is 0.882 bits per heavy atom. The topological polar surface area (TPSA) is 87.2 Å². The summed E-state index contributed by atoms with van der Waals surface area (Å²) in [5.74, 6) is -3.27. The summed E-state index contributed by atoms with van der Waals surface area (Å²) in [5.41, 5.74) is 1.25. The Bertz CT molecular complexity index is 1070. The van der Waals surface area contributed by atoms with Crippen LogP contribution in [-0.2, 0) is 24.8 Å². The fourth-order valence-corrected chi connectivity index (χ4v) is 4.86. The average molecular weight is 459 g/mol. The molecule has 3 aromatic carbocycles. The number of carbonyl (C=O) groups excluding carboxylic acids is 2. The summed E-state index contributed by atoms with van der Waals surface area (Å²) in [7, 11) is 2.74. The number of β-lactam (4-membered cyclic amide) rings is 1. The Hall–Kier alpha value is -3.97. The van der Waals surface area contributed by atoms with Gasteiger partial charge in [0.15, 0.2) is 0 Å². The van der Waals surface area contributed by atoms with Gasteiger partial charge in [-0.05, 0) is 16.7 Å². The summed E-state index contributed by atoms with van der Waals surface area (Å²) >= 11 is 0. The zero-order valence-corrected chi connectivity index (χ0v) is 19.0. The van der Waals surface area contributed by atoms with Crippen molar-refractivity contribution in [3.8, 4) is 0 Å². The van der Waals surface area contributed by atoms with Gasteiger partial charge in [-0.1, -0.05) is 91.0 Å². The van der Waals surface area contributed by atoms with E-state index < -0.39 is 35.3 Å². The Morgan fingerprint density at radius 2 is 1.29 bits per heavy atom. The molecule has 2 atom stereocenters. The number of benzene rings is 3. The molecule has 1 heterocycles. The number of amides is 2. The minimum Gasteiger partial charge on any atom is -0.481 e. The summed E-state index contributed by atoms with van der Waals surface area (Å²) in [6, 6.07) is 27.6. The third kappa shape index (κ3) is 3.74. The minimum atomic E-state index is -1.16. The van der Waals surface area contributed by atoms with E-state index in [4.69, 9.17) is 4.84 Å². The number of carboxylic acid groups (broad SMARTS) is 1. The summed E-state index contributed by atoms with van der Waals surface area (Å²) in [4.78, 5) is 45.3. The van der Waals surface area contributed by atoms with Crippen molar-refractivity contribution >= 4 is 17.8 Å². The highest BCUT2D eigenvalue weighted by Gasteiger charge is 2.61. The predicted octanol–water partition coefficient (Wildman–Crippen LogP) is 3.30. The maximum absolute atomic E-state index is 13.8. The van der Waals surface area contributed by atoms with Gasteiger partial charge in [0.2, 0.25) is 5.91 Å². The zero-order valence-electron chi connectivity index (χ0n) is 19.0. The second-order valence-corrected chi connectivity index (χ2v) is 8.18. The number of rotatable bonds is 8. The molecule has 1 aliphatic rings. The number of nitrogens with zero attached hydrogens (tertiary/aromatic N) is 2. The van der Waals surface area contributed by atoms with Gasteiger partial charge in [0.25, 0.3) is 5.91 Å². The first kappa shape index (κ1) is 23.2. The van der Waals surface area contributed by atoms with Crippen LogP contribution in [0.15, 0.2) is 91.0 Å². The summed E-state index contributed by atoms with van der Waals surface area (Å²) < 4.78 is 0. The summed E-state index contributed by atoms with van der Waals surface area (Å²) in [6.45, 7) is 0. The molecule has 1 aliphatic heterocycles. The second-order valence-electron chi connectivity index (χ2n) is 8.18. The first-order valence-corrected chi connectivity index (χ1v) is 11.0. The van der Waals surface area contributed by atoms with E-state index in [0.717, 1.165) is 21.8 Å². The number of aliphatic carboxylic acids is 1. The normalized spacial score (nSPS) is 17.7. The van der Waals surface area contributed by atoms with Crippen LogP contribution in [-0.4, -0.2) is 53.1 Å². The van der Waals surface area contributed by atoms with E-state index in [0.29, 0.717) is 0 Å². The molecule has 7 heteroatoms. The van der Waals surface area contributed by atoms with E-state index in [2.05, 4.69) is 0 Å². The molecule has 1 N–H and O–H groups in total. The van der Waals surface area contributed by atoms with Crippen LogP contribution < -0.4 is 0 Å². The first-order chi connectivity index (χ1) is 16.4. The summed E-state index contributed by atoms with van der Waals surface area (Å²) in [6.07, 6.45) is -0.381. The van der Waals surface area contributed by atoms with Gasteiger partial charge >= 0.3 is 5.97 Å². The van der Waals surface area contributed by atoms with Crippen LogP contribution in [0.4, 0.5) is 0 Å². The lowest BCUT2D eigenvalue weighted by Gasteiger charge is -2.57. The quantitative estimate of drug-likeness (QED) is 0.242. The van der Waals surface area contributed by atoms with Crippen molar-refractivity contribution in [3.63, 3.8) is 0 Å². The van der Waals surface area contributed by atoms with E-state index in [-0.39, 0.29) is 6.42 Å². The average Bonchev–Trinajstić information content (AvgIpc) is 2.87. The molecule has 0 spiro atoms. The highest BCUT2D eigenvalue weighted by Crippen LogP contribution is 2.50. The number of hydrogen-bond donors (Lipinski definition) is 1. The van der Waals surface area contributed by atoms with E-state index in [1.807, 2.05) is 91.0 Å². The van der Waals surface area contributed by atoms with Crippen LogP contribution >= 0.6 is 0 Å². The molecule has 34 heavy (non-hydrogen) atoms. The van der Waals surface area contributed by atoms with Gasteiger partial charge < -0.3 is 10.0 Å². The highest BCUT2D eigenvalue weighted by molar-refractivity contribution is 6.06. The second kappa shape index (κ2) is 9.49. The molecule has 0 bridgehead atoms. The van der Waals surface area contributed by atoms with Crippen molar-refractivity contribution in [3.05, 3.63) is 108 Å². The lowest BCUT2D eigenvalue weighted by Crippen LogP contribution is -2.72. The molecule has 4 rings (SSSR count). The van der Waals surface area contributed by atoms with Crippen LogP contribution in [0, 0.1) is 5.92 Å². The molecule has 0 radical (unpaired) electrons. The van der Waals surface area contributed by atoms with Crippen molar-refractivity contribution in [1.82, 2.24) is 9.96 Å². The fourth-order valence-electron chi connectivity index (χ4n) is 4.86. The van der Waals surface area contributed by atoms with Gasteiger partial charge in [0.1, 0.15) is 11.5 Å². The van der Waals surface area contributed by atoms with Gasteiger partial charge in [-0.25, -0.2) is 5.06 Å². The number of hydrogen-bond acceptors (Lipinski definition) is 4. The van der Waals surface area contributed by atoms with Crippen LogP contribution in [0.2, 0.25) is 0 Å². The molecule has 174 valence electrons. The van der Waals surface area contributed by atoms with Crippen molar-refractivity contribution in [2.75, 3.05) is 14.2 Å². The standard InChI is InChI=1S/C27H26N2O5/c1-28(34-2)25(32)24-22(18-23(30)31)29(26(24)33)27(19-12-6-3-7-13-19,20-14-8-4-9-15-20)21-16-10-5-11-17-21/h3-17,22,24H,18H2,1-2H3,(H,30,31). The molecule has 0 aliphatic carbocycles. The SMILES string of the molecule is CON(C)C(=O)C1C(=O)N(C(c2ccccc2)(c2ccccc2)c2ccccc2)C1CC(=O)O. The number of hydroxylamine groups is 2. The third-order valence-corrected chi connectivity index (χ3v) is 6.39. The van der Waals surface area contributed by atoms with E-state index in [9.17, 15) is 19.5 Å². The van der Waals surface area contributed by atoms with Crippen LogP contribution in [0.5, 0.6) is 0 Å². The molecular weight excluding hydrogens is 432 g/mol. The van der Waals surface area contributed by atoms with Crippen LogP contribution in [0.1, 0.15) is 23.1 Å².